The molecule has 0 radical (unpaired) electrons. The Morgan fingerprint density at radius 3 is 2.83 bits per heavy atom. The van der Waals surface area contributed by atoms with Crippen LogP contribution in [-0.4, -0.2) is 45.5 Å². The normalized spacial score (nSPS) is 33.9. The summed E-state index contributed by atoms with van der Waals surface area (Å²) in [5.74, 6) is 0.562. The van der Waals surface area contributed by atoms with Crippen molar-refractivity contribution in [1.29, 1.82) is 5.26 Å². The highest BCUT2D eigenvalue weighted by Gasteiger charge is 2.40. The van der Waals surface area contributed by atoms with Crippen LogP contribution in [0.1, 0.15) is 38.5 Å². The topological polar surface area (TPSA) is 76.3 Å². The second kappa shape index (κ2) is 6.25. The third-order valence-electron chi connectivity index (χ3n) is 3.71. The van der Waals surface area contributed by atoms with Crippen LogP contribution in [0.2, 0.25) is 0 Å². The second-order valence-corrected chi connectivity index (χ2v) is 6.83. The number of aliphatic hydroxyl groups is 2. The smallest absolute Gasteiger partial charge is 0.108 e. The minimum absolute atomic E-state index is 0.177. The zero-order chi connectivity index (χ0) is 13.0. The van der Waals surface area contributed by atoms with Crippen molar-refractivity contribution in [3.63, 3.8) is 0 Å². The molecule has 2 fully saturated rings. The zero-order valence-corrected chi connectivity index (χ0v) is 11.5. The Bertz CT molecular complexity index is 317. The zero-order valence-electron chi connectivity index (χ0n) is 10.6. The van der Waals surface area contributed by atoms with E-state index in [0.29, 0.717) is 17.0 Å². The van der Waals surface area contributed by atoms with Crippen molar-refractivity contribution in [3.05, 3.63) is 0 Å². The fourth-order valence-electron chi connectivity index (χ4n) is 2.55. The van der Waals surface area contributed by atoms with E-state index in [9.17, 15) is 10.4 Å². The van der Waals surface area contributed by atoms with Gasteiger partial charge < -0.3 is 10.2 Å². The van der Waals surface area contributed by atoms with Crippen LogP contribution in [0.4, 0.5) is 0 Å². The first-order valence-electron chi connectivity index (χ1n) is 6.77. The van der Waals surface area contributed by atoms with Gasteiger partial charge in [0.05, 0.1) is 18.8 Å². The van der Waals surface area contributed by atoms with Gasteiger partial charge in [-0.3, -0.25) is 5.32 Å². The maximum Gasteiger partial charge on any atom is 0.108 e. The number of nitrogens with zero attached hydrogens (tertiary/aromatic N) is 1. The SMILES string of the molecule is N#CC1(NC2CC2)CCCC(SCC(O)CO)C1. The van der Waals surface area contributed by atoms with E-state index in [1.165, 1.54) is 12.8 Å². The van der Waals surface area contributed by atoms with E-state index in [4.69, 9.17) is 5.11 Å². The van der Waals surface area contributed by atoms with E-state index in [2.05, 4.69) is 11.4 Å². The highest BCUT2D eigenvalue weighted by Crippen LogP contribution is 2.37. The third-order valence-corrected chi connectivity index (χ3v) is 5.16. The molecule has 0 spiro atoms. The number of rotatable bonds is 6. The Kier molecular flexibility index (Phi) is 4.91. The van der Waals surface area contributed by atoms with Gasteiger partial charge in [0.25, 0.3) is 0 Å². The van der Waals surface area contributed by atoms with Crippen LogP contribution >= 0.6 is 11.8 Å². The fraction of sp³-hybridized carbons (Fsp3) is 0.923. The molecule has 102 valence electrons. The van der Waals surface area contributed by atoms with Crippen LogP contribution in [0.3, 0.4) is 0 Å². The van der Waals surface area contributed by atoms with E-state index < -0.39 is 6.10 Å². The molecule has 0 amide bonds. The molecule has 0 aromatic carbocycles. The summed E-state index contributed by atoms with van der Waals surface area (Å²) in [5.41, 5.74) is -0.346. The van der Waals surface area contributed by atoms with Crippen molar-refractivity contribution in [2.75, 3.05) is 12.4 Å². The Morgan fingerprint density at radius 1 is 1.44 bits per heavy atom. The minimum atomic E-state index is -0.634. The van der Waals surface area contributed by atoms with Crippen molar-refractivity contribution in [3.8, 4) is 6.07 Å². The number of hydrogen-bond acceptors (Lipinski definition) is 5. The van der Waals surface area contributed by atoms with Crippen molar-refractivity contribution < 1.29 is 10.2 Å². The first-order chi connectivity index (χ1) is 8.67. The summed E-state index contributed by atoms with van der Waals surface area (Å²) in [5, 5.41) is 31.6. The highest BCUT2D eigenvalue weighted by molar-refractivity contribution is 7.99. The van der Waals surface area contributed by atoms with E-state index in [1.807, 2.05) is 0 Å². The molecule has 0 aliphatic heterocycles. The molecule has 3 N–H and O–H groups in total. The molecule has 2 rings (SSSR count). The minimum Gasteiger partial charge on any atom is -0.394 e. The lowest BCUT2D eigenvalue weighted by atomic mass is 9.82. The van der Waals surface area contributed by atoms with E-state index >= 15 is 0 Å². The van der Waals surface area contributed by atoms with Gasteiger partial charge in [0.15, 0.2) is 0 Å². The Morgan fingerprint density at radius 2 is 2.22 bits per heavy atom. The van der Waals surface area contributed by atoms with Gasteiger partial charge in [-0.1, -0.05) is 0 Å². The molecule has 5 heteroatoms. The molecule has 0 heterocycles. The van der Waals surface area contributed by atoms with Crippen LogP contribution in [0.25, 0.3) is 0 Å². The van der Waals surface area contributed by atoms with Gasteiger partial charge in [-0.25, -0.2) is 0 Å². The maximum absolute atomic E-state index is 9.45. The van der Waals surface area contributed by atoms with Gasteiger partial charge in [0.1, 0.15) is 5.54 Å². The predicted octanol–water partition coefficient (Wildman–Crippen LogP) is 1.03. The molecular formula is C13H22N2O2S. The monoisotopic (exact) mass is 270 g/mol. The predicted molar refractivity (Wildman–Crippen MR) is 72.3 cm³/mol. The quantitative estimate of drug-likeness (QED) is 0.672. The molecule has 2 saturated carbocycles. The standard InChI is InChI=1S/C13H22N2O2S/c14-9-13(15-10-3-4-10)5-1-2-12(6-13)18-8-11(17)7-16/h10-12,15-17H,1-8H2. The van der Waals surface area contributed by atoms with Crippen LogP contribution in [-0.2, 0) is 0 Å². The Labute approximate surface area is 113 Å². The Hall–Kier alpha value is -0.280. The number of hydrogen-bond donors (Lipinski definition) is 3. The molecule has 0 bridgehead atoms. The highest BCUT2D eigenvalue weighted by atomic mass is 32.2. The van der Waals surface area contributed by atoms with Gasteiger partial charge >= 0.3 is 0 Å². The van der Waals surface area contributed by atoms with Gasteiger partial charge in [-0.2, -0.15) is 17.0 Å². The van der Waals surface area contributed by atoms with Crippen LogP contribution < -0.4 is 5.32 Å². The van der Waals surface area contributed by atoms with Crippen molar-refractivity contribution in [2.24, 2.45) is 0 Å². The molecule has 2 aliphatic carbocycles. The van der Waals surface area contributed by atoms with Gasteiger partial charge in [-0.15, -0.1) is 0 Å². The van der Waals surface area contributed by atoms with Crippen molar-refractivity contribution in [1.82, 2.24) is 5.32 Å². The largest absolute Gasteiger partial charge is 0.394 e. The number of nitriles is 1. The van der Waals surface area contributed by atoms with Gasteiger partial charge in [-0.05, 0) is 38.5 Å². The molecule has 18 heavy (non-hydrogen) atoms. The molecule has 0 saturated heterocycles. The molecule has 2 aliphatic rings. The molecule has 3 unspecified atom stereocenters. The molecular weight excluding hydrogens is 248 g/mol. The molecule has 0 aromatic heterocycles. The van der Waals surface area contributed by atoms with E-state index in [-0.39, 0.29) is 12.1 Å². The van der Waals surface area contributed by atoms with Gasteiger partial charge in [0.2, 0.25) is 0 Å². The lowest BCUT2D eigenvalue weighted by Crippen LogP contribution is -2.49. The summed E-state index contributed by atoms with van der Waals surface area (Å²) < 4.78 is 0. The Balaban J connectivity index is 1.84. The first kappa shape index (κ1) is 14.1. The summed E-state index contributed by atoms with van der Waals surface area (Å²) >= 11 is 1.69. The van der Waals surface area contributed by atoms with Crippen LogP contribution in [0, 0.1) is 11.3 Å². The third kappa shape index (κ3) is 3.86. The molecule has 0 aromatic rings. The van der Waals surface area contributed by atoms with E-state index in [1.54, 1.807) is 11.8 Å². The van der Waals surface area contributed by atoms with Crippen LogP contribution in [0.5, 0.6) is 0 Å². The van der Waals surface area contributed by atoms with Crippen molar-refractivity contribution in [2.45, 2.75) is 61.5 Å². The number of nitrogens with one attached hydrogen (secondary N) is 1. The van der Waals surface area contributed by atoms with Crippen molar-refractivity contribution >= 4 is 11.8 Å². The van der Waals surface area contributed by atoms with Gasteiger partial charge in [0, 0.05) is 17.0 Å². The average Bonchev–Trinajstić information content (AvgIpc) is 3.20. The van der Waals surface area contributed by atoms with E-state index in [0.717, 1.165) is 25.7 Å². The lowest BCUT2D eigenvalue weighted by Gasteiger charge is -2.36. The van der Waals surface area contributed by atoms with Crippen LogP contribution in [0.15, 0.2) is 0 Å². The lowest BCUT2D eigenvalue weighted by molar-refractivity contribution is 0.113. The molecule has 4 nitrogen and oxygen atoms in total. The maximum atomic E-state index is 9.45. The number of thioether (sulfide) groups is 1. The summed E-state index contributed by atoms with van der Waals surface area (Å²) in [6, 6.07) is 3.04. The summed E-state index contributed by atoms with van der Waals surface area (Å²) in [6.07, 6.45) is 5.75. The fourth-order valence-corrected chi connectivity index (χ4v) is 3.89. The second-order valence-electron chi connectivity index (χ2n) is 5.50. The summed E-state index contributed by atoms with van der Waals surface area (Å²) in [7, 11) is 0. The summed E-state index contributed by atoms with van der Waals surface area (Å²) in [6.45, 7) is -0.177. The molecule has 3 atom stereocenters. The first-order valence-corrected chi connectivity index (χ1v) is 7.82. The number of aliphatic hydroxyl groups excluding tert-OH is 2. The average molecular weight is 270 g/mol. The summed E-state index contributed by atoms with van der Waals surface area (Å²) in [4.78, 5) is 0.